The molecule has 168 valence electrons. The van der Waals surface area contributed by atoms with Crippen molar-refractivity contribution in [3.05, 3.63) is 89.2 Å². The van der Waals surface area contributed by atoms with Crippen LogP contribution < -0.4 is 14.4 Å². The van der Waals surface area contributed by atoms with Gasteiger partial charge in [-0.1, -0.05) is 36.4 Å². The molecule has 0 aromatic heterocycles. The van der Waals surface area contributed by atoms with Crippen molar-refractivity contribution < 1.29 is 19.4 Å². The normalized spacial score (nSPS) is 17.2. The van der Waals surface area contributed by atoms with Gasteiger partial charge in [0.15, 0.2) is 5.76 Å². The van der Waals surface area contributed by atoms with Crippen LogP contribution in [0, 0.1) is 0 Å². The summed E-state index contributed by atoms with van der Waals surface area (Å²) in [6.45, 7) is 4.04. The highest BCUT2D eigenvalue weighted by atomic mass is 16.5. The van der Waals surface area contributed by atoms with Crippen molar-refractivity contribution in [2.45, 2.75) is 6.54 Å². The van der Waals surface area contributed by atoms with Crippen LogP contribution in [0.2, 0.25) is 0 Å². The number of aromatic hydroxyl groups is 1. The van der Waals surface area contributed by atoms with E-state index in [1.54, 1.807) is 25.3 Å². The van der Waals surface area contributed by atoms with Crippen LogP contribution in [0.3, 0.4) is 0 Å². The van der Waals surface area contributed by atoms with Gasteiger partial charge in [0.25, 0.3) is 0 Å². The van der Waals surface area contributed by atoms with E-state index in [-0.39, 0.29) is 17.3 Å². The fourth-order valence-corrected chi connectivity index (χ4v) is 4.40. The summed E-state index contributed by atoms with van der Waals surface area (Å²) in [5, 5.41) is 10.6. The highest BCUT2D eigenvalue weighted by Gasteiger charge is 2.32. The zero-order chi connectivity index (χ0) is 22.8. The SMILES string of the molecule is COc1ccccc1/C=C1\Oc2c(ccc(O)c2CN2CCN(c3ccccc3)CC2)C1=O. The van der Waals surface area contributed by atoms with Crippen LogP contribution in [0.4, 0.5) is 5.69 Å². The molecule has 0 amide bonds. The Hall–Kier alpha value is -3.77. The molecule has 2 aliphatic heterocycles. The van der Waals surface area contributed by atoms with Gasteiger partial charge in [0, 0.05) is 44.0 Å². The minimum absolute atomic E-state index is 0.144. The Labute approximate surface area is 193 Å². The molecular formula is C27H26N2O4. The van der Waals surface area contributed by atoms with Crippen LogP contribution >= 0.6 is 0 Å². The van der Waals surface area contributed by atoms with E-state index >= 15 is 0 Å². The first-order chi connectivity index (χ1) is 16.1. The fraction of sp³-hybridized carbons (Fsp3) is 0.222. The number of piperazine rings is 1. The van der Waals surface area contributed by atoms with Crippen LogP contribution in [-0.4, -0.2) is 49.1 Å². The second-order valence-corrected chi connectivity index (χ2v) is 8.22. The Morgan fingerprint density at radius 2 is 1.70 bits per heavy atom. The molecular weight excluding hydrogens is 416 g/mol. The van der Waals surface area contributed by atoms with Crippen molar-refractivity contribution >= 4 is 17.5 Å². The number of ether oxygens (including phenoxy) is 2. The molecule has 0 bridgehead atoms. The van der Waals surface area contributed by atoms with Gasteiger partial charge in [-0.15, -0.1) is 0 Å². The molecule has 0 saturated carbocycles. The van der Waals surface area contributed by atoms with Crippen molar-refractivity contribution in [2.24, 2.45) is 0 Å². The topological polar surface area (TPSA) is 62.2 Å². The molecule has 6 heteroatoms. The van der Waals surface area contributed by atoms with Gasteiger partial charge in [0.2, 0.25) is 5.78 Å². The number of nitrogens with zero attached hydrogens (tertiary/aromatic N) is 2. The van der Waals surface area contributed by atoms with Crippen molar-refractivity contribution in [1.29, 1.82) is 0 Å². The first kappa shape index (κ1) is 21.1. The lowest BCUT2D eigenvalue weighted by atomic mass is 10.0. The van der Waals surface area contributed by atoms with E-state index in [2.05, 4.69) is 34.1 Å². The molecule has 5 rings (SSSR count). The number of hydrogen-bond donors (Lipinski definition) is 1. The molecule has 1 fully saturated rings. The van der Waals surface area contributed by atoms with E-state index in [0.29, 0.717) is 29.2 Å². The first-order valence-corrected chi connectivity index (χ1v) is 11.1. The largest absolute Gasteiger partial charge is 0.507 e. The maximum absolute atomic E-state index is 13.0. The molecule has 0 radical (unpaired) electrons. The van der Waals surface area contributed by atoms with E-state index in [1.807, 2.05) is 30.3 Å². The molecule has 1 saturated heterocycles. The number of hydrogen-bond acceptors (Lipinski definition) is 6. The number of fused-ring (bicyclic) bond motifs is 1. The summed E-state index contributed by atoms with van der Waals surface area (Å²) >= 11 is 0. The number of ketones is 1. The maximum Gasteiger partial charge on any atom is 0.231 e. The van der Waals surface area contributed by atoms with Crippen LogP contribution in [-0.2, 0) is 6.54 Å². The molecule has 0 unspecified atom stereocenters. The lowest BCUT2D eigenvalue weighted by Crippen LogP contribution is -2.46. The van der Waals surface area contributed by atoms with Gasteiger partial charge in [0.05, 0.1) is 18.2 Å². The Bertz CT molecular complexity index is 1200. The predicted octanol–water partition coefficient (Wildman–Crippen LogP) is 4.34. The third kappa shape index (κ3) is 4.17. The Morgan fingerprint density at radius 1 is 0.970 bits per heavy atom. The van der Waals surface area contributed by atoms with Crippen molar-refractivity contribution in [3.63, 3.8) is 0 Å². The van der Waals surface area contributed by atoms with Gasteiger partial charge in [-0.25, -0.2) is 0 Å². The van der Waals surface area contributed by atoms with Gasteiger partial charge in [-0.2, -0.15) is 0 Å². The number of carbonyl (C=O) groups is 1. The number of phenols is 1. The third-order valence-corrected chi connectivity index (χ3v) is 6.22. The van der Waals surface area contributed by atoms with Gasteiger partial charge >= 0.3 is 0 Å². The number of benzene rings is 3. The van der Waals surface area contributed by atoms with E-state index in [4.69, 9.17) is 9.47 Å². The van der Waals surface area contributed by atoms with Crippen molar-refractivity contribution in [2.75, 3.05) is 38.2 Å². The highest BCUT2D eigenvalue weighted by Crippen LogP contribution is 2.40. The molecule has 2 heterocycles. The molecule has 6 nitrogen and oxygen atoms in total. The molecule has 3 aromatic carbocycles. The number of phenolic OH excluding ortho intramolecular Hbond substituents is 1. The highest BCUT2D eigenvalue weighted by molar-refractivity contribution is 6.15. The lowest BCUT2D eigenvalue weighted by Gasteiger charge is -2.36. The second kappa shape index (κ2) is 9.00. The van der Waals surface area contributed by atoms with Crippen molar-refractivity contribution in [3.8, 4) is 17.2 Å². The van der Waals surface area contributed by atoms with Crippen LogP contribution in [0.5, 0.6) is 17.2 Å². The average Bonchev–Trinajstić information content (AvgIpc) is 3.17. The van der Waals surface area contributed by atoms with Gasteiger partial charge < -0.3 is 19.5 Å². The van der Waals surface area contributed by atoms with E-state index in [0.717, 1.165) is 31.7 Å². The monoisotopic (exact) mass is 442 g/mol. The van der Waals surface area contributed by atoms with Gasteiger partial charge in [-0.3, -0.25) is 9.69 Å². The molecule has 33 heavy (non-hydrogen) atoms. The summed E-state index contributed by atoms with van der Waals surface area (Å²) < 4.78 is 11.4. The molecule has 0 spiro atoms. The summed E-state index contributed by atoms with van der Waals surface area (Å²) in [4.78, 5) is 17.7. The van der Waals surface area contributed by atoms with Crippen LogP contribution in [0.1, 0.15) is 21.5 Å². The summed E-state index contributed by atoms with van der Waals surface area (Å²) in [5.74, 6) is 1.30. The zero-order valence-electron chi connectivity index (χ0n) is 18.5. The lowest BCUT2D eigenvalue weighted by molar-refractivity contribution is 0.101. The number of rotatable bonds is 5. The Balaban J connectivity index is 1.35. The second-order valence-electron chi connectivity index (χ2n) is 8.22. The predicted molar refractivity (Wildman–Crippen MR) is 128 cm³/mol. The van der Waals surface area contributed by atoms with Crippen molar-refractivity contribution in [1.82, 2.24) is 4.90 Å². The molecule has 0 aliphatic carbocycles. The minimum Gasteiger partial charge on any atom is -0.507 e. The first-order valence-electron chi connectivity index (χ1n) is 11.1. The summed E-state index contributed by atoms with van der Waals surface area (Å²) in [6, 6.07) is 21.1. The van der Waals surface area contributed by atoms with E-state index in [1.165, 1.54) is 5.69 Å². The number of methoxy groups -OCH3 is 1. The summed E-state index contributed by atoms with van der Waals surface area (Å²) in [5.41, 5.74) is 3.11. The smallest absolute Gasteiger partial charge is 0.231 e. The van der Waals surface area contributed by atoms with E-state index in [9.17, 15) is 9.90 Å². The Morgan fingerprint density at radius 3 is 2.45 bits per heavy atom. The van der Waals surface area contributed by atoms with Crippen LogP contribution in [0.15, 0.2) is 72.5 Å². The van der Waals surface area contributed by atoms with Crippen LogP contribution in [0.25, 0.3) is 6.08 Å². The van der Waals surface area contributed by atoms with Gasteiger partial charge in [0.1, 0.15) is 17.2 Å². The summed E-state index contributed by atoms with van der Waals surface area (Å²) in [6.07, 6.45) is 1.70. The number of carbonyl (C=O) groups excluding carboxylic acids is 1. The Kier molecular flexibility index (Phi) is 5.75. The minimum atomic E-state index is -0.189. The quantitative estimate of drug-likeness (QED) is 0.593. The fourth-order valence-electron chi connectivity index (χ4n) is 4.40. The van der Waals surface area contributed by atoms with Gasteiger partial charge in [-0.05, 0) is 36.4 Å². The average molecular weight is 443 g/mol. The third-order valence-electron chi connectivity index (χ3n) is 6.22. The molecule has 0 atom stereocenters. The molecule has 3 aromatic rings. The maximum atomic E-state index is 13.0. The zero-order valence-corrected chi connectivity index (χ0v) is 18.5. The molecule has 1 N–H and O–H groups in total. The molecule has 2 aliphatic rings. The number of anilines is 1. The number of para-hydroxylation sites is 2. The standard InChI is InChI=1S/C27H26N2O4/c1-32-24-10-6-5-7-19(24)17-25-26(31)21-11-12-23(30)22(27(21)33-25)18-28-13-15-29(16-14-28)20-8-3-2-4-9-20/h2-12,17,30H,13-16,18H2,1H3/b25-17-. The number of allylic oxidation sites excluding steroid dienone is 1. The van der Waals surface area contributed by atoms with E-state index < -0.39 is 0 Å². The number of Topliss-reactive ketones (excluding diaryl/α,β-unsaturated/α-hetero) is 1. The summed E-state index contributed by atoms with van der Waals surface area (Å²) in [7, 11) is 1.59.